The van der Waals surface area contributed by atoms with Gasteiger partial charge in [0.15, 0.2) is 0 Å². The Morgan fingerprint density at radius 3 is 1.19 bits per heavy atom. The summed E-state index contributed by atoms with van der Waals surface area (Å²) in [5.74, 6) is -7.04. The van der Waals surface area contributed by atoms with Crippen molar-refractivity contribution in [3.8, 4) is 5.75 Å². The number of hydrazine groups is 1. The van der Waals surface area contributed by atoms with Gasteiger partial charge in [-0.1, -0.05) is 222 Å². The van der Waals surface area contributed by atoms with Crippen LogP contribution in [0.1, 0.15) is 278 Å². The van der Waals surface area contributed by atoms with Gasteiger partial charge in [0.2, 0.25) is 70.9 Å². The van der Waals surface area contributed by atoms with Crippen molar-refractivity contribution < 1.29 is 82.4 Å². The molecule has 0 spiro atoms. The van der Waals surface area contributed by atoms with Crippen LogP contribution in [0.3, 0.4) is 0 Å². The van der Waals surface area contributed by atoms with Crippen molar-refractivity contribution >= 4 is 82.6 Å². The maximum absolute atomic E-state index is 14.5. The van der Waals surface area contributed by atoms with Gasteiger partial charge >= 0.3 is 0 Å². The van der Waals surface area contributed by atoms with E-state index in [0.29, 0.717) is 57.9 Å². The highest BCUT2D eigenvalue weighted by molar-refractivity contribution is 5.98. The standard InChI is InChI=1S/C40H73N5O7.C35H65N5O6.C27H42N4O4.CH4/c1-17-30(38(50)42(13)28(10)11)41-36(48)34(35(47)29(12)21-19-18-20-22-32(46)25(4)5)45(16)40(52)33(26(6)7)44(15)39(51)31(23-24(2)3)43(14)37(49)27(8)9;1-16-18-19-25(11)30(41)29(31(42)36-26(17-2)33(44)37(12)24(9)10)40(15)35(46)28(22(5)6)39(14)34(45)27(20-21(3)4)38(13)32(43)23(7)8;1-16(2)19(7)22-12-9-13-31(30-22)27(35)23(15-20-10-8-11-21(32)14-20)28-26(34)24(17(3)4)29-25(33)18(5)6;/h18-19,24-31,33-35,47H,17,20-23H2,1-16H3,(H,41,48);16,18,21-30,41H,17,19-20H2,1-15H3,(H,36,42);8,10-11,14,16-18,22-24,30,32H,7,9,12-13,15H2,1-6H3,(H,28,34)(H,29,33);1H4/b19-18+;18-16+;;. The largest absolute Gasteiger partial charge is 0.508 e. The number of ketones is 1. The number of aromatic hydroxyl groups is 1. The molecule has 1 aliphatic rings. The van der Waals surface area contributed by atoms with Gasteiger partial charge in [-0.05, 0) is 157 Å². The van der Waals surface area contributed by atoms with Crippen molar-refractivity contribution in [2.45, 2.75) is 370 Å². The van der Waals surface area contributed by atoms with Gasteiger partial charge in [0.1, 0.15) is 72.0 Å². The van der Waals surface area contributed by atoms with Crippen LogP contribution in [0.25, 0.3) is 0 Å². The topological polar surface area (TPSA) is 389 Å². The lowest BCUT2D eigenvalue weighted by molar-refractivity contribution is -0.156. The predicted molar refractivity (Wildman–Crippen MR) is 534 cm³/mol. The van der Waals surface area contributed by atoms with Crippen molar-refractivity contribution in [1.82, 2.24) is 70.9 Å². The third kappa shape index (κ3) is 39.5. The van der Waals surface area contributed by atoms with Gasteiger partial charge in [-0.2, -0.15) is 0 Å². The van der Waals surface area contributed by atoms with Gasteiger partial charge < -0.3 is 75.8 Å². The van der Waals surface area contributed by atoms with E-state index >= 15 is 0 Å². The SMILES string of the molecule is C.C/C=C/CC(C)C(O)C(C(=O)NC(CC)C(=O)N(C)C(C)C)N(C)C(=O)C(C(C)C)N(C)C(=O)C(CC(C)C)N(C)C(=O)C(C)C.C=C(C(C)C)C1CCCN(C(=O)C(Cc2cccc(O)c2)NC(=O)C(NC(=O)C(C)C)C(C)C)N1.CCC(NC(=O)C(C(O)C(C)C/C=C/CCC(=O)C(C)C)N(C)C(=O)C(C(C)C)N(C)C(=O)C(CC(C)C)N(C)C(=O)C(C)C)C(=O)N(C)C(C)C. The minimum absolute atomic E-state index is 0. The van der Waals surface area contributed by atoms with Gasteiger partial charge in [0.05, 0.1) is 12.2 Å². The van der Waals surface area contributed by atoms with Crippen LogP contribution in [-0.4, -0.2) is 296 Å². The van der Waals surface area contributed by atoms with E-state index < -0.39 is 126 Å². The summed E-state index contributed by atoms with van der Waals surface area (Å²) in [7, 11) is 12.5. The monoisotopic (exact) mass is 1890 g/mol. The Labute approximate surface area is 807 Å². The van der Waals surface area contributed by atoms with Crippen LogP contribution in [-0.2, 0) is 73.5 Å². The summed E-state index contributed by atoms with van der Waals surface area (Å²) in [4.78, 5) is 200. The molecule has 13 amide bonds. The summed E-state index contributed by atoms with van der Waals surface area (Å²) < 4.78 is 0. The Bertz CT molecular complexity index is 3950. The zero-order valence-electron chi connectivity index (χ0n) is 88.5. The lowest BCUT2D eigenvalue weighted by Crippen LogP contribution is -2.63. The lowest BCUT2D eigenvalue weighted by atomic mass is 9.91. The number of hydrogen-bond donors (Lipinski definition) is 8. The number of carbonyl (C=O) groups excluding carboxylic acids is 14. The van der Waals surface area contributed by atoms with E-state index in [9.17, 15) is 82.4 Å². The number of amides is 13. The highest BCUT2D eigenvalue weighted by atomic mass is 16.3. The van der Waals surface area contributed by atoms with Gasteiger partial charge in [0.25, 0.3) is 5.91 Å². The number of rotatable bonds is 50. The van der Waals surface area contributed by atoms with E-state index in [-0.39, 0.29) is 138 Å². The molecule has 1 heterocycles. The van der Waals surface area contributed by atoms with Crippen molar-refractivity contribution in [2.75, 3.05) is 62.9 Å². The lowest BCUT2D eigenvalue weighted by Gasteiger charge is -2.41. The van der Waals surface area contributed by atoms with E-state index in [2.05, 4.69) is 47.1 Å². The Balaban J connectivity index is 0. The summed E-state index contributed by atoms with van der Waals surface area (Å²) >= 11 is 0. The van der Waals surface area contributed by atoms with Crippen LogP contribution >= 0.6 is 0 Å². The molecule has 8 N–H and O–H groups in total. The van der Waals surface area contributed by atoms with Crippen LogP contribution in [0.2, 0.25) is 0 Å². The number of likely N-dealkylation sites (N-methyl/N-ethyl adjacent to an activating group) is 8. The molecular formula is C103H184N14O17. The number of aliphatic hydroxyl groups is 2. The van der Waals surface area contributed by atoms with E-state index in [1.54, 1.807) is 152 Å². The quantitative estimate of drug-likeness (QED) is 0.0281. The van der Waals surface area contributed by atoms with Crippen LogP contribution in [0.4, 0.5) is 0 Å². The molecule has 0 bridgehead atoms. The van der Waals surface area contributed by atoms with Crippen molar-refractivity contribution in [2.24, 2.45) is 71.0 Å². The Hall–Kier alpha value is -9.10. The molecule has 0 saturated carbocycles. The molecule has 1 saturated heterocycles. The molecule has 2 rings (SSSR count). The first kappa shape index (κ1) is 127. The number of hydrogen-bond acceptors (Lipinski definition) is 18. The second-order valence-corrected chi connectivity index (χ2v) is 40.6. The summed E-state index contributed by atoms with van der Waals surface area (Å²) in [6, 6.07) is -3.26. The molecule has 31 nitrogen and oxygen atoms in total. The molecule has 1 aromatic carbocycles. The number of benzene rings is 1. The molecule has 768 valence electrons. The first-order chi connectivity index (χ1) is 61.5. The van der Waals surface area contributed by atoms with Crippen LogP contribution in [0.5, 0.6) is 5.75 Å². The third-order valence-corrected chi connectivity index (χ3v) is 25.0. The van der Waals surface area contributed by atoms with E-state index in [1.165, 1.54) is 55.4 Å². The van der Waals surface area contributed by atoms with E-state index in [1.807, 2.05) is 128 Å². The number of Topliss-reactive ketones (excluding diaryl/α,β-unsaturated/α-hetero) is 1. The van der Waals surface area contributed by atoms with Gasteiger partial charge in [-0.15, -0.1) is 0 Å². The molecule has 15 atom stereocenters. The van der Waals surface area contributed by atoms with Crippen LogP contribution < -0.4 is 26.7 Å². The van der Waals surface area contributed by atoms with E-state index in [0.717, 1.165) is 24.0 Å². The highest BCUT2D eigenvalue weighted by Crippen LogP contribution is 2.29. The number of aliphatic hydroxyl groups excluding tert-OH is 2. The van der Waals surface area contributed by atoms with Crippen LogP contribution in [0, 0.1) is 71.0 Å². The fourth-order valence-corrected chi connectivity index (χ4v) is 15.6. The number of phenols is 1. The molecule has 0 radical (unpaired) electrons. The number of allylic oxidation sites excluding steroid dienone is 4. The van der Waals surface area contributed by atoms with Gasteiger partial charge in [-0.3, -0.25) is 72.1 Å². The third-order valence-electron chi connectivity index (χ3n) is 25.0. The summed E-state index contributed by atoms with van der Waals surface area (Å²) in [6.07, 6.45) is 10.0. The van der Waals surface area contributed by atoms with Gasteiger partial charge in [0, 0.05) is 118 Å². The maximum atomic E-state index is 14.5. The smallest absolute Gasteiger partial charge is 0.259 e. The minimum atomic E-state index is -1.40. The predicted octanol–water partition coefficient (Wildman–Crippen LogP) is 11.6. The molecule has 134 heavy (non-hydrogen) atoms. The molecule has 31 heteroatoms. The van der Waals surface area contributed by atoms with E-state index in [4.69, 9.17) is 0 Å². The van der Waals surface area contributed by atoms with Crippen LogP contribution in [0.15, 0.2) is 60.7 Å². The van der Waals surface area contributed by atoms with Gasteiger partial charge in [-0.25, -0.2) is 5.43 Å². The second kappa shape index (κ2) is 61.2. The first-order valence-corrected chi connectivity index (χ1v) is 48.5. The van der Waals surface area contributed by atoms with Crippen molar-refractivity contribution in [1.29, 1.82) is 0 Å². The molecule has 0 aliphatic carbocycles. The normalized spacial score (nSPS) is 16.1. The molecule has 15 unspecified atom stereocenters. The molecule has 1 fully saturated rings. The number of phenolic OH excluding ortho intramolecular Hbond substituents is 1. The molecule has 1 aromatic rings. The zero-order chi connectivity index (χ0) is 103. The summed E-state index contributed by atoms with van der Waals surface area (Å²) in [6.45, 7) is 58.5. The minimum Gasteiger partial charge on any atom is -0.508 e. The molecule has 0 aromatic heterocycles. The fourth-order valence-electron chi connectivity index (χ4n) is 15.6. The zero-order valence-corrected chi connectivity index (χ0v) is 88.5. The second-order valence-electron chi connectivity index (χ2n) is 40.6. The summed E-state index contributed by atoms with van der Waals surface area (Å²) in [5.41, 5.74) is 5.05. The number of nitrogens with zero attached hydrogens (tertiary/aromatic N) is 9. The maximum Gasteiger partial charge on any atom is 0.259 e. The van der Waals surface area contributed by atoms with Crippen molar-refractivity contribution in [3.05, 3.63) is 66.3 Å². The Morgan fingerprint density at radius 2 is 0.851 bits per heavy atom. The Morgan fingerprint density at radius 1 is 0.455 bits per heavy atom. The number of nitrogens with one attached hydrogen (secondary N) is 5. The first-order valence-electron chi connectivity index (χ1n) is 48.5. The summed E-state index contributed by atoms with van der Waals surface area (Å²) in [5, 5.41) is 46.1. The molecular weight excluding hydrogens is 1710 g/mol. The Kier molecular flexibility index (Phi) is 58.0. The fraction of sp³-hybridized carbons (Fsp3) is 0.748. The average Bonchev–Trinajstić information content (AvgIpc) is 0.786. The average molecular weight is 1890 g/mol. The number of carbonyl (C=O) groups is 14. The molecule has 1 aliphatic heterocycles. The highest BCUT2D eigenvalue weighted by Gasteiger charge is 2.47. The van der Waals surface area contributed by atoms with Crippen molar-refractivity contribution in [3.63, 3.8) is 0 Å².